The van der Waals surface area contributed by atoms with Gasteiger partial charge < -0.3 is 24.8 Å². The highest BCUT2D eigenvalue weighted by molar-refractivity contribution is 6.03. The lowest BCUT2D eigenvalue weighted by Crippen LogP contribution is -2.50. The number of carbonyl (C=O) groups is 4. The highest BCUT2D eigenvalue weighted by atomic mass is 19.3. The molecule has 326 valence electrons. The Morgan fingerprint density at radius 3 is 2.61 bits per heavy atom. The predicted octanol–water partition coefficient (Wildman–Crippen LogP) is 5.76. The van der Waals surface area contributed by atoms with Gasteiger partial charge in [-0.25, -0.2) is 8.78 Å². The van der Waals surface area contributed by atoms with Crippen molar-refractivity contribution >= 4 is 36.0 Å². The Bertz CT molecular complexity index is 2400. The van der Waals surface area contributed by atoms with Gasteiger partial charge in [0.15, 0.2) is 12.1 Å². The Labute approximate surface area is 359 Å². The van der Waals surface area contributed by atoms with E-state index in [9.17, 15) is 19.2 Å². The van der Waals surface area contributed by atoms with Crippen molar-refractivity contribution in [2.75, 3.05) is 51.3 Å². The van der Waals surface area contributed by atoms with E-state index in [0.717, 1.165) is 97.5 Å². The lowest BCUT2D eigenvalue weighted by atomic mass is 9.92. The van der Waals surface area contributed by atoms with E-state index >= 15 is 8.78 Å². The van der Waals surface area contributed by atoms with Crippen LogP contribution in [0, 0.1) is 0 Å². The molecule has 0 radical (unpaired) electrons. The molecule has 7 heterocycles. The van der Waals surface area contributed by atoms with Crippen LogP contribution in [0.2, 0.25) is 0 Å². The van der Waals surface area contributed by atoms with Gasteiger partial charge in [-0.1, -0.05) is 6.58 Å². The summed E-state index contributed by atoms with van der Waals surface area (Å²) in [6.45, 7) is 9.58. The Hall–Kier alpha value is -5.74. The third kappa shape index (κ3) is 8.05. The fraction of sp³-hybridized carbons (Fsp3) is 0.478. The molecule has 3 amide bonds. The molecule has 0 saturated carbocycles. The van der Waals surface area contributed by atoms with E-state index in [1.165, 1.54) is 4.90 Å². The molecule has 1 unspecified atom stereocenters. The molecular formula is C46H53F2N9O5. The molecule has 5 aliphatic rings. The molecule has 62 heavy (non-hydrogen) atoms. The van der Waals surface area contributed by atoms with E-state index in [1.54, 1.807) is 36.3 Å². The smallest absolute Gasteiger partial charge is 0.264 e. The fourth-order valence-electron chi connectivity index (χ4n) is 9.99. The summed E-state index contributed by atoms with van der Waals surface area (Å²) in [5.41, 5.74) is 8.13. The van der Waals surface area contributed by atoms with E-state index < -0.39 is 12.5 Å². The van der Waals surface area contributed by atoms with Crippen LogP contribution in [0.25, 0.3) is 11.1 Å². The molecule has 0 spiro atoms. The van der Waals surface area contributed by atoms with E-state index in [-0.39, 0.29) is 29.0 Å². The monoisotopic (exact) mass is 849 g/mol. The highest BCUT2D eigenvalue weighted by Crippen LogP contribution is 2.43. The van der Waals surface area contributed by atoms with Gasteiger partial charge in [-0.05, 0) is 97.9 Å². The van der Waals surface area contributed by atoms with Crippen LogP contribution in [0.3, 0.4) is 0 Å². The molecule has 9 rings (SSSR count). The Morgan fingerprint density at radius 1 is 1.00 bits per heavy atom. The lowest BCUT2D eigenvalue weighted by Gasteiger charge is -2.33. The highest BCUT2D eigenvalue weighted by Gasteiger charge is 2.35. The number of likely N-dealkylation sites (N-methyl/N-ethyl adjacent to an activating group) is 1. The predicted molar refractivity (Wildman–Crippen MR) is 227 cm³/mol. The summed E-state index contributed by atoms with van der Waals surface area (Å²) in [6, 6.07) is 6.70. The minimum absolute atomic E-state index is 0.0517. The van der Waals surface area contributed by atoms with Crippen molar-refractivity contribution in [3.8, 4) is 11.1 Å². The third-order valence-electron chi connectivity index (χ3n) is 13.4. The van der Waals surface area contributed by atoms with Crippen LogP contribution in [0.5, 0.6) is 0 Å². The molecule has 16 heteroatoms. The van der Waals surface area contributed by atoms with Gasteiger partial charge in [0, 0.05) is 111 Å². The number of aromatic nitrogens is 4. The molecule has 4 aromatic rings. The average molecular weight is 850 g/mol. The summed E-state index contributed by atoms with van der Waals surface area (Å²) in [6.07, 6.45) is 8.90. The summed E-state index contributed by atoms with van der Waals surface area (Å²) in [4.78, 5) is 57.9. The first-order valence-electron chi connectivity index (χ1n) is 21.8. The number of hydrogen-bond donors (Lipinski definition) is 1. The zero-order valence-electron chi connectivity index (χ0n) is 35.2. The molecule has 1 N–H and O–H groups in total. The number of anilines is 2. The van der Waals surface area contributed by atoms with Gasteiger partial charge in [-0.2, -0.15) is 10.2 Å². The Kier molecular flexibility index (Phi) is 11.8. The molecular weight excluding hydrogens is 797 g/mol. The zero-order chi connectivity index (χ0) is 43.1. The van der Waals surface area contributed by atoms with Gasteiger partial charge in [0.05, 0.1) is 24.3 Å². The van der Waals surface area contributed by atoms with Crippen LogP contribution >= 0.6 is 0 Å². The van der Waals surface area contributed by atoms with Crippen molar-refractivity contribution in [1.29, 1.82) is 0 Å². The number of hydrogen-bond acceptors (Lipinski definition) is 9. The number of nitrogens with one attached hydrogen (secondary N) is 1. The number of rotatable bonds is 12. The number of nitrogens with zero attached hydrogens (tertiary/aromatic N) is 8. The number of amides is 3. The number of fused-ring (bicyclic) bond motifs is 3. The van der Waals surface area contributed by atoms with E-state index in [1.807, 2.05) is 16.9 Å². The van der Waals surface area contributed by atoms with Crippen molar-refractivity contribution < 1.29 is 32.7 Å². The lowest BCUT2D eigenvalue weighted by molar-refractivity contribution is -0.125. The van der Waals surface area contributed by atoms with Crippen LogP contribution in [0.15, 0.2) is 48.9 Å². The number of piperidine rings is 1. The fourth-order valence-corrected chi connectivity index (χ4v) is 9.99. The average Bonchev–Trinajstić information content (AvgIpc) is 3.92. The number of alkyl halides is 2. The number of carbonyl (C=O) groups excluding carboxylic acids is 4. The Morgan fingerprint density at radius 2 is 1.84 bits per heavy atom. The Balaban J connectivity index is 0.891. The minimum atomic E-state index is -2.71. The van der Waals surface area contributed by atoms with Gasteiger partial charge in [0.25, 0.3) is 12.3 Å². The number of benzene rings is 2. The molecule has 14 nitrogen and oxygen atoms in total. The van der Waals surface area contributed by atoms with Crippen molar-refractivity contribution in [3.63, 3.8) is 0 Å². The maximum Gasteiger partial charge on any atom is 0.264 e. The van der Waals surface area contributed by atoms with Gasteiger partial charge in [0.2, 0.25) is 12.3 Å². The van der Waals surface area contributed by atoms with Gasteiger partial charge in [0.1, 0.15) is 6.04 Å². The van der Waals surface area contributed by atoms with Crippen molar-refractivity contribution in [2.24, 2.45) is 0 Å². The van der Waals surface area contributed by atoms with Crippen LogP contribution < -0.4 is 10.2 Å². The summed E-state index contributed by atoms with van der Waals surface area (Å²) >= 11 is 0. The molecule has 2 fully saturated rings. The van der Waals surface area contributed by atoms with Crippen LogP contribution in [-0.2, 0) is 53.2 Å². The van der Waals surface area contributed by atoms with Gasteiger partial charge >= 0.3 is 0 Å². The van der Waals surface area contributed by atoms with Crippen molar-refractivity contribution in [3.05, 3.63) is 93.6 Å². The first kappa shape index (κ1) is 41.6. The SMILES string of the molecule is C=C1CCC(N(C)C(=O)c2cc3c(cc2C=O)CCN(CCCn2cc(-c4cc5c(cc4C(F)F)N(c4nn(C6CCOCC6)c6c4CN(C=O)CC6)CCC5)cn2)C3)C(=O)N1. The summed E-state index contributed by atoms with van der Waals surface area (Å²) in [7, 11) is 1.59. The second-order valence-corrected chi connectivity index (χ2v) is 17.2. The number of aldehydes is 1. The number of allylic oxidation sites excluding steroid dienone is 1. The largest absolute Gasteiger partial charge is 0.381 e. The number of aryl methyl sites for hydroxylation is 2. The van der Waals surface area contributed by atoms with Gasteiger partial charge in [-0.15, -0.1) is 0 Å². The minimum Gasteiger partial charge on any atom is -0.381 e. The van der Waals surface area contributed by atoms with E-state index in [0.29, 0.717) is 93.9 Å². The molecule has 2 saturated heterocycles. The maximum absolute atomic E-state index is 15.0. The second kappa shape index (κ2) is 17.6. The summed E-state index contributed by atoms with van der Waals surface area (Å²) in [5, 5.41) is 12.5. The van der Waals surface area contributed by atoms with E-state index in [2.05, 4.69) is 31.5 Å². The third-order valence-corrected chi connectivity index (χ3v) is 13.4. The van der Waals surface area contributed by atoms with Crippen LogP contribution in [-0.4, -0.2) is 111 Å². The number of halogens is 2. The second-order valence-electron chi connectivity index (χ2n) is 17.2. The number of ether oxygens (including phenoxy) is 1. The maximum atomic E-state index is 15.0. The quantitative estimate of drug-likeness (QED) is 0.177. The topological polar surface area (TPSA) is 138 Å². The molecule has 5 aliphatic heterocycles. The summed E-state index contributed by atoms with van der Waals surface area (Å²) < 4.78 is 39.6. The van der Waals surface area contributed by atoms with Crippen molar-refractivity contribution in [1.82, 2.24) is 39.6 Å². The first-order valence-corrected chi connectivity index (χ1v) is 21.8. The van der Waals surface area contributed by atoms with Crippen LogP contribution in [0.1, 0.15) is 105 Å². The standard InChI is InChI=1S/C46H53F2N9O5/c1-29-6-7-41(45(60)50-29)52(2)46(61)37-21-32-24-53(15-8-30(32)19-33(37)27-58)12-4-13-55-25-34(23-49-55)36-20-31-5-3-14-56(42(31)22-38(36)43(47)48)44-39-26-54(28-59)16-9-40(39)57(51-44)35-10-17-62-18-11-35/h19-23,25,27-28,35,41,43H,1,3-18,24,26H2,2H3,(H,50,60). The van der Waals surface area contributed by atoms with Gasteiger partial charge in [-0.3, -0.25) is 33.4 Å². The van der Waals surface area contributed by atoms with E-state index in [4.69, 9.17) is 9.84 Å². The first-order chi connectivity index (χ1) is 30.1. The van der Waals surface area contributed by atoms with Crippen molar-refractivity contribution in [2.45, 2.75) is 95.9 Å². The zero-order valence-corrected chi connectivity index (χ0v) is 35.2. The molecule has 1 atom stereocenters. The molecule has 0 bridgehead atoms. The molecule has 0 aliphatic carbocycles. The summed E-state index contributed by atoms with van der Waals surface area (Å²) in [5.74, 6) is 0.103. The molecule has 2 aromatic carbocycles. The normalized spacial score (nSPS) is 19.5. The van der Waals surface area contributed by atoms with Crippen LogP contribution in [0.4, 0.5) is 20.3 Å². The molecule has 2 aromatic heterocycles.